The van der Waals surface area contributed by atoms with Gasteiger partial charge in [-0.3, -0.25) is 9.20 Å². The van der Waals surface area contributed by atoms with Gasteiger partial charge in [0.1, 0.15) is 23.1 Å². The Balaban J connectivity index is 2.03. The molecular weight excluding hydrogens is 460 g/mol. The van der Waals surface area contributed by atoms with Crippen LogP contribution in [0.2, 0.25) is 0 Å². The number of fused-ring (bicyclic) bond motifs is 1. The van der Waals surface area contributed by atoms with Crippen molar-refractivity contribution in [1.29, 1.82) is 0 Å². The van der Waals surface area contributed by atoms with E-state index in [0.29, 0.717) is 17.2 Å². The summed E-state index contributed by atoms with van der Waals surface area (Å²) in [5.74, 6) is -1.42. The summed E-state index contributed by atoms with van der Waals surface area (Å²) in [5.41, 5.74) is 0.694. The molecule has 3 aromatic heterocycles. The molecule has 0 saturated heterocycles. The Kier molecular flexibility index (Phi) is 6.33. The first-order chi connectivity index (χ1) is 16.4. The number of thiophene rings is 1. The average molecular weight is 480 g/mol. The van der Waals surface area contributed by atoms with Crippen molar-refractivity contribution in [1.82, 2.24) is 9.38 Å². The Morgan fingerprint density at radius 2 is 1.59 bits per heavy atom. The third-order valence-electron chi connectivity index (χ3n) is 5.24. The lowest BCUT2D eigenvalue weighted by molar-refractivity contribution is 0.0556. The molecule has 0 radical (unpaired) electrons. The van der Waals surface area contributed by atoms with Crippen LogP contribution in [0.1, 0.15) is 36.8 Å². The smallest absolute Gasteiger partial charge is 0.341 e. The fourth-order valence-corrected chi connectivity index (χ4v) is 4.36. The fourth-order valence-electron chi connectivity index (χ4n) is 3.66. The number of benzene rings is 1. The van der Waals surface area contributed by atoms with Crippen molar-refractivity contribution in [3.8, 4) is 22.1 Å². The molecule has 0 atom stereocenters. The predicted octanol–water partition coefficient (Wildman–Crippen LogP) is 3.88. The lowest BCUT2D eigenvalue weighted by atomic mass is 10.0. The molecule has 34 heavy (non-hydrogen) atoms. The monoisotopic (exact) mass is 480 g/mol. The van der Waals surface area contributed by atoms with Gasteiger partial charge >= 0.3 is 11.9 Å². The molecule has 0 N–H and O–H groups in total. The van der Waals surface area contributed by atoms with Gasteiger partial charge < -0.3 is 18.9 Å². The maximum absolute atomic E-state index is 13.7. The first-order valence-corrected chi connectivity index (χ1v) is 10.8. The molecule has 0 fully saturated rings. The number of nitrogens with zero attached hydrogens (tertiary/aromatic N) is 2. The summed E-state index contributed by atoms with van der Waals surface area (Å²) in [4.78, 5) is 44.7. The number of hydrogen-bond acceptors (Lipinski definition) is 9. The van der Waals surface area contributed by atoms with E-state index in [-0.39, 0.29) is 27.9 Å². The van der Waals surface area contributed by atoms with Crippen molar-refractivity contribution in [3.63, 3.8) is 0 Å². The average Bonchev–Trinajstić information content (AvgIpc) is 3.53. The Morgan fingerprint density at radius 3 is 2.21 bits per heavy atom. The largest absolute Gasteiger partial charge is 0.493 e. The van der Waals surface area contributed by atoms with E-state index in [0.717, 1.165) is 4.88 Å². The van der Waals surface area contributed by atoms with Gasteiger partial charge in [0, 0.05) is 5.56 Å². The highest BCUT2D eigenvalue weighted by atomic mass is 32.1. The molecule has 0 spiro atoms. The number of carbonyl (C=O) groups excluding carboxylic acids is 3. The van der Waals surface area contributed by atoms with Crippen LogP contribution < -0.4 is 9.47 Å². The van der Waals surface area contributed by atoms with Crippen molar-refractivity contribution in [2.24, 2.45) is 0 Å². The Morgan fingerprint density at radius 1 is 0.882 bits per heavy atom. The summed E-state index contributed by atoms with van der Waals surface area (Å²) < 4.78 is 21.8. The summed E-state index contributed by atoms with van der Waals surface area (Å²) in [6.45, 7) is 0. The molecule has 1 aromatic carbocycles. The van der Waals surface area contributed by atoms with Gasteiger partial charge in [-0.05, 0) is 35.7 Å². The number of aromatic nitrogens is 2. The molecule has 3 heterocycles. The summed E-state index contributed by atoms with van der Waals surface area (Å²) >= 11 is 1.46. The quantitative estimate of drug-likeness (QED) is 0.290. The van der Waals surface area contributed by atoms with E-state index in [2.05, 4.69) is 4.98 Å². The normalized spacial score (nSPS) is 10.7. The van der Waals surface area contributed by atoms with Crippen LogP contribution in [0.25, 0.3) is 16.1 Å². The van der Waals surface area contributed by atoms with Gasteiger partial charge in [0.15, 0.2) is 11.5 Å². The van der Waals surface area contributed by atoms with E-state index in [1.165, 1.54) is 62.6 Å². The van der Waals surface area contributed by atoms with E-state index in [9.17, 15) is 14.4 Å². The zero-order chi connectivity index (χ0) is 24.4. The molecule has 0 unspecified atom stereocenters. The molecule has 9 nitrogen and oxygen atoms in total. The van der Waals surface area contributed by atoms with E-state index < -0.39 is 17.7 Å². The zero-order valence-electron chi connectivity index (χ0n) is 18.8. The summed E-state index contributed by atoms with van der Waals surface area (Å²) in [6.07, 6.45) is 1.40. The number of methoxy groups -OCH3 is 4. The molecule has 0 amide bonds. The fraction of sp³-hybridized carbons (Fsp3) is 0.167. The predicted molar refractivity (Wildman–Crippen MR) is 124 cm³/mol. The van der Waals surface area contributed by atoms with Gasteiger partial charge in [0.2, 0.25) is 5.78 Å². The molecule has 0 saturated carbocycles. The Bertz CT molecular complexity index is 1410. The standard InChI is InChI=1S/C24H20N2O7S/c1-30-16-8-7-13(10-17(16)31-2)22(27)21-20(24(29)33-4)19(23(28)32-3)15-11-14(25-12-26(15)21)18-6-5-9-34-18/h5-12H,1-4H3. The lowest BCUT2D eigenvalue weighted by Crippen LogP contribution is -2.15. The van der Waals surface area contributed by atoms with E-state index in [4.69, 9.17) is 18.9 Å². The van der Waals surface area contributed by atoms with Crippen LogP contribution in [0.15, 0.2) is 48.1 Å². The van der Waals surface area contributed by atoms with E-state index in [1.54, 1.807) is 12.1 Å². The third kappa shape index (κ3) is 3.77. The number of rotatable bonds is 7. The summed E-state index contributed by atoms with van der Waals surface area (Å²) in [5, 5.41) is 1.90. The second kappa shape index (κ2) is 9.36. The third-order valence-corrected chi connectivity index (χ3v) is 6.13. The maximum atomic E-state index is 13.7. The van der Waals surface area contributed by atoms with E-state index in [1.807, 2.05) is 17.5 Å². The molecule has 4 aromatic rings. The Hall–Kier alpha value is -4.18. The van der Waals surface area contributed by atoms with Crippen molar-refractivity contribution in [3.05, 3.63) is 70.5 Å². The van der Waals surface area contributed by atoms with Crippen molar-refractivity contribution < 1.29 is 33.3 Å². The van der Waals surface area contributed by atoms with Crippen molar-refractivity contribution in [2.45, 2.75) is 0 Å². The summed E-state index contributed by atoms with van der Waals surface area (Å²) in [6, 6.07) is 9.99. The van der Waals surface area contributed by atoms with Crippen LogP contribution >= 0.6 is 11.3 Å². The van der Waals surface area contributed by atoms with Crippen LogP contribution in [0.3, 0.4) is 0 Å². The van der Waals surface area contributed by atoms with Crippen LogP contribution in [-0.2, 0) is 9.47 Å². The van der Waals surface area contributed by atoms with Crippen LogP contribution in [0, 0.1) is 0 Å². The second-order valence-electron chi connectivity index (χ2n) is 6.99. The summed E-state index contributed by atoms with van der Waals surface area (Å²) in [7, 11) is 5.30. The number of hydrogen-bond donors (Lipinski definition) is 0. The molecular formula is C24H20N2O7S. The minimum atomic E-state index is -0.856. The Labute approximate surface area is 198 Å². The minimum absolute atomic E-state index is 0.0836. The second-order valence-corrected chi connectivity index (χ2v) is 7.94. The molecule has 10 heteroatoms. The molecule has 0 bridgehead atoms. The van der Waals surface area contributed by atoms with Gasteiger partial charge in [-0.15, -0.1) is 11.3 Å². The van der Waals surface area contributed by atoms with Gasteiger partial charge in [-0.25, -0.2) is 14.6 Å². The number of carbonyl (C=O) groups is 3. The first kappa shape index (κ1) is 23.0. The number of ketones is 1. The van der Waals surface area contributed by atoms with Crippen LogP contribution in [0.4, 0.5) is 0 Å². The topological polar surface area (TPSA) is 105 Å². The molecule has 174 valence electrons. The van der Waals surface area contributed by atoms with Gasteiger partial charge in [-0.2, -0.15) is 0 Å². The minimum Gasteiger partial charge on any atom is -0.493 e. The van der Waals surface area contributed by atoms with Crippen molar-refractivity contribution in [2.75, 3.05) is 28.4 Å². The zero-order valence-corrected chi connectivity index (χ0v) is 19.6. The van der Waals surface area contributed by atoms with Gasteiger partial charge in [-0.1, -0.05) is 6.07 Å². The number of esters is 2. The van der Waals surface area contributed by atoms with Gasteiger partial charge in [0.05, 0.1) is 44.5 Å². The van der Waals surface area contributed by atoms with Gasteiger partial charge in [0.25, 0.3) is 0 Å². The maximum Gasteiger partial charge on any atom is 0.341 e. The molecule has 0 aliphatic carbocycles. The van der Waals surface area contributed by atoms with Crippen LogP contribution in [0.5, 0.6) is 11.5 Å². The highest BCUT2D eigenvalue weighted by Crippen LogP contribution is 2.33. The SMILES string of the molecule is COC(=O)c1c(C(=O)OC)c2cc(-c3cccs3)ncn2c1C(=O)c1ccc(OC)c(OC)c1. The van der Waals surface area contributed by atoms with Crippen molar-refractivity contribution >= 4 is 34.6 Å². The number of ether oxygens (including phenoxy) is 4. The molecule has 4 rings (SSSR count). The highest BCUT2D eigenvalue weighted by Gasteiger charge is 2.33. The lowest BCUT2D eigenvalue weighted by Gasteiger charge is -2.10. The highest BCUT2D eigenvalue weighted by molar-refractivity contribution is 7.13. The molecule has 0 aliphatic heterocycles. The first-order valence-electron chi connectivity index (χ1n) is 9.96. The van der Waals surface area contributed by atoms with Crippen LogP contribution in [-0.4, -0.2) is 55.5 Å². The van der Waals surface area contributed by atoms with E-state index >= 15 is 0 Å². The molecule has 0 aliphatic rings.